The van der Waals surface area contributed by atoms with E-state index in [1.165, 1.54) is 12.1 Å². The predicted octanol–water partition coefficient (Wildman–Crippen LogP) is 2.10. The molecule has 1 aliphatic heterocycles. The molecule has 0 spiro atoms. The summed E-state index contributed by atoms with van der Waals surface area (Å²) in [5.41, 5.74) is 0.0829. The van der Waals surface area contributed by atoms with Crippen molar-refractivity contribution in [3.63, 3.8) is 0 Å². The third kappa shape index (κ3) is 2.82. The summed E-state index contributed by atoms with van der Waals surface area (Å²) in [6, 6.07) is 5.99. The van der Waals surface area contributed by atoms with E-state index in [0.29, 0.717) is 0 Å². The van der Waals surface area contributed by atoms with E-state index in [0.717, 1.165) is 11.3 Å². The van der Waals surface area contributed by atoms with Gasteiger partial charge >= 0.3 is 5.97 Å². The second kappa shape index (κ2) is 6.70. The molecule has 142 valence electrons. The van der Waals surface area contributed by atoms with Crippen LogP contribution in [-0.2, 0) is 14.4 Å². The third-order valence-corrected chi connectivity index (χ3v) is 9.02. The molecule has 0 unspecified atom stereocenters. The number of carbonyl (C=O) groups excluding carboxylic acids is 3. The summed E-state index contributed by atoms with van der Waals surface area (Å²) in [6.45, 7) is -0.405. The zero-order valence-corrected chi connectivity index (χ0v) is 17.1. The number of likely N-dealkylation sites (tertiary alicyclic amines) is 1. The molecular formula is C18H16Br2N2O5. The number of nitrogens with one attached hydrogen (secondary N) is 1. The highest BCUT2D eigenvalue weighted by molar-refractivity contribution is 9.12. The van der Waals surface area contributed by atoms with Crippen molar-refractivity contribution in [1.82, 2.24) is 4.90 Å². The van der Waals surface area contributed by atoms with Crippen LogP contribution in [0.15, 0.2) is 24.3 Å². The highest BCUT2D eigenvalue weighted by atomic mass is 79.9. The van der Waals surface area contributed by atoms with E-state index in [9.17, 15) is 24.3 Å². The number of rotatable bonds is 4. The Bertz CT molecular complexity index is 828. The van der Waals surface area contributed by atoms with Gasteiger partial charge in [-0.25, -0.2) is 4.79 Å². The van der Waals surface area contributed by atoms with Gasteiger partial charge in [-0.15, -0.1) is 0 Å². The van der Waals surface area contributed by atoms with E-state index >= 15 is 0 Å². The SMILES string of the molecule is O=C(CN1C(=O)[C@@H]2[C@H]3C[C@@H]([C@H](Br)[C@H]3Br)[C@H]2C1=O)Nc1ccccc1C(=O)O. The van der Waals surface area contributed by atoms with E-state index in [1.54, 1.807) is 12.1 Å². The first-order valence-corrected chi connectivity index (χ1v) is 10.4. The Morgan fingerprint density at radius 2 is 1.63 bits per heavy atom. The first-order chi connectivity index (χ1) is 12.8. The molecule has 2 bridgehead atoms. The molecular weight excluding hydrogens is 484 g/mol. The zero-order valence-electron chi connectivity index (χ0n) is 14.0. The first-order valence-electron chi connectivity index (χ1n) is 8.56. The number of fused-ring (bicyclic) bond motifs is 5. The van der Waals surface area contributed by atoms with Gasteiger partial charge in [0.1, 0.15) is 6.54 Å². The number of alkyl halides is 2. The Balaban J connectivity index is 1.50. The van der Waals surface area contributed by atoms with Crippen LogP contribution in [0.3, 0.4) is 0 Å². The van der Waals surface area contributed by atoms with E-state index < -0.39 is 18.4 Å². The lowest BCUT2D eigenvalue weighted by atomic mass is 9.81. The van der Waals surface area contributed by atoms with Gasteiger partial charge in [-0.05, 0) is 30.4 Å². The van der Waals surface area contributed by atoms with Crippen LogP contribution in [0.2, 0.25) is 0 Å². The minimum Gasteiger partial charge on any atom is -0.478 e. The van der Waals surface area contributed by atoms with Crippen LogP contribution in [0, 0.1) is 23.7 Å². The fourth-order valence-corrected chi connectivity index (χ4v) is 6.55. The maximum atomic E-state index is 12.8. The Kier molecular flexibility index (Phi) is 4.62. The highest BCUT2D eigenvalue weighted by Gasteiger charge is 2.66. The van der Waals surface area contributed by atoms with Crippen molar-refractivity contribution in [2.75, 3.05) is 11.9 Å². The van der Waals surface area contributed by atoms with E-state index in [4.69, 9.17) is 0 Å². The van der Waals surface area contributed by atoms with Gasteiger partial charge < -0.3 is 10.4 Å². The number of carboxylic acids is 1. The van der Waals surface area contributed by atoms with E-state index in [-0.39, 0.29) is 56.4 Å². The highest BCUT2D eigenvalue weighted by Crippen LogP contribution is 2.60. The summed E-state index contributed by atoms with van der Waals surface area (Å²) in [6.07, 6.45) is 0.824. The first kappa shape index (κ1) is 18.6. The van der Waals surface area contributed by atoms with Crippen LogP contribution < -0.4 is 5.32 Å². The van der Waals surface area contributed by atoms with Gasteiger partial charge in [0.25, 0.3) is 0 Å². The third-order valence-electron chi connectivity index (χ3n) is 5.81. The Morgan fingerprint density at radius 3 is 2.19 bits per heavy atom. The molecule has 1 saturated heterocycles. The molecule has 3 amide bonds. The molecule has 9 heteroatoms. The molecule has 27 heavy (non-hydrogen) atoms. The number of carbonyl (C=O) groups is 4. The van der Waals surface area contributed by atoms with Crippen LogP contribution in [0.5, 0.6) is 0 Å². The van der Waals surface area contributed by atoms with Crippen molar-refractivity contribution in [2.45, 2.75) is 16.1 Å². The fourth-order valence-electron chi connectivity index (χ4n) is 4.68. The number of hydrogen-bond donors (Lipinski definition) is 2. The topological polar surface area (TPSA) is 104 Å². The smallest absolute Gasteiger partial charge is 0.337 e. The molecule has 4 rings (SSSR count). The van der Waals surface area contributed by atoms with Crippen LogP contribution in [0.4, 0.5) is 5.69 Å². The molecule has 1 aromatic rings. The maximum Gasteiger partial charge on any atom is 0.337 e. The van der Waals surface area contributed by atoms with Crippen LogP contribution in [-0.4, -0.2) is 49.9 Å². The normalized spacial score (nSPS) is 34.1. The molecule has 6 atom stereocenters. The summed E-state index contributed by atoms with van der Waals surface area (Å²) in [5, 5.41) is 11.7. The van der Waals surface area contributed by atoms with Crippen LogP contribution in [0.25, 0.3) is 0 Å². The second-order valence-corrected chi connectivity index (χ2v) is 9.28. The molecule has 2 N–H and O–H groups in total. The van der Waals surface area contributed by atoms with E-state index in [1.807, 2.05) is 0 Å². The maximum absolute atomic E-state index is 12.8. The summed E-state index contributed by atoms with van der Waals surface area (Å²) >= 11 is 7.23. The number of amides is 3. The van der Waals surface area contributed by atoms with Crippen molar-refractivity contribution in [1.29, 1.82) is 0 Å². The number of para-hydroxylation sites is 1. The van der Waals surface area contributed by atoms with Crippen molar-refractivity contribution < 1.29 is 24.3 Å². The lowest BCUT2D eigenvalue weighted by molar-refractivity contribution is -0.143. The summed E-state index contributed by atoms with van der Waals surface area (Å²) < 4.78 is 0. The van der Waals surface area contributed by atoms with Gasteiger partial charge in [-0.2, -0.15) is 0 Å². The number of carboxylic acid groups (broad SMARTS) is 1. The molecule has 7 nitrogen and oxygen atoms in total. The van der Waals surface area contributed by atoms with E-state index in [2.05, 4.69) is 37.2 Å². The summed E-state index contributed by atoms with van der Waals surface area (Å²) in [5.74, 6) is -2.95. The Morgan fingerprint density at radius 1 is 1.07 bits per heavy atom. The number of benzene rings is 1. The number of anilines is 1. The standard InChI is InChI=1S/C18H16Br2N2O5/c19-14-8-5-9(15(14)20)13-12(8)16(24)22(17(13)25)6-11(23)21-10-4-2-1-3-7(10)18(26)27/h1-4,8-9,12-15H,5-6H2,(H,21,23)(H,26,27)/t8-,9-,12-,13-,14+,15+/m1/s1. The Labute approximate surface area is 171 Å². The number of imide groups is 1. The van der Waals surface area contributed by atoms with Gasteiger partial charge in [-0.3, -0.25) is 19.3 Å². The van der Waals surface area contributed by atoms with Gasteiger partial charge in [0, 0.05) is 9.65 Å². The molecule has 3 fully saturated rings. The number of halogens is 2. The molecule has 0 radical (unpaired) electrons. The number of aromatic carboxylic acids is 1. The van der Waals surface area contributed by atoms with Crippen molar-refractivity contribution >= 4 is 61.2 Å². The number of hydrogen-bond acceptors (Lipinski definition) is 4. The molecule has 3 aliphatic rings. The summed E-state index contributed by atoms with van der Waals surface area (Å²) in [7, 11) is 0. The van der Waals surface area contributed by atoms with Gasteiger partial charge in [0.05, 0.1) is 23.1 Å². The van der Waals surface area contributed by atoms with Crippen LogP contribution in [0.1, 0.15) is 16.8 Å². The van der Waals surface area contributed by atoms with Gasteiger partial charge in [-0.1, -0.05) is 44.0 Å². The van der Waals surface area contributed by atoms with Crippen LogP contribution >= 0.6 is 31.9 Å². The lowest BCUT2D eigenvalue weighted by Crippen LogP contribution is -2.39. The molecule has 2 aliphatic carbocycles. The van der Waals surface area contributed by atoms with Gasteiger partial charge in [0.2, 0.25) is 17.7 Å². The van der Waals surface area contributed by atoms with Crippen molar-refractivity contribution in [3.8, 4) is 0 Å². The average molecular weight is 500 g/mol. The molecule has 2 saturated carbocycles. The largest absolute Gasteiger partial charge is 0.478 e. The van der Waals surface area contributed by atoms with Gasteiger partial charge in [0.15, 0.2) is 0 Å². The monoisotopic (exact) mass is 498 g/mol. The molecule has 0 aromatic heterocycles. The average Bonchev–Trinajstić information content (AvgIpc) is 3.23. The van der Waals surface area contributed by atoms with Crippen molar-refractivity contribution in [3.05, 3.63) is 29.8 Å². The van der Waals surface area contributed by atoms with Crippen molar-refractivity contribution in [2.24, 2.45) is 23.7 Å². The zero-order chi connectivity index (χ0) is 19.5. The minimum atomic E-state index is -1.17. The minimum absolute atomic E-state index is 0.0518. The summed E-state index contributed by atoms with van der Waals surface area (Å²) in [4.78, 5) is 50.5. The quantitative estimate of drug-likeness (QED) is 0.487. The fraction of sp³-hybridized carbons (Fsp3) is 0.444. The lowest BCUT2D eigenvalue weighted by Gasteiger charge is -2.28. The molecule has 1 heterocycles. The molecule has 1 aromatic carbocycles. The predicted molar refractivity (Wildman–Crippen MR) is 103 cm³/mol. The number of nitrogens with zero attached hydrogens (tertiary/aromatic N) is 1. The Hall–Kier alpha value is -1.74. The second-order valence-electron chi connectivity index (χ2n) is 7.17.